The van der Waals surface area contributed by atoms with Crippen molar-refractivity contribution in [2.45, 2.75) is 38.9 Å². The molecule has 0 aliphatic heterocycles. The Morgan fingerprint density at radius 3 is 1.96 bits per heavy atom. The molecule has 242 valence electrons. The number of rotatable bonds is 14. The maximum absolute atomic E-state index is 14.6. The smallest absolute Gasteiger partial charge is 0.334 e. The minimum atomic E-state index is -1.45. The van der Waals surface area contributed by atoms with Crippen LogP contribution in [0.25, 0.3) is 11.1 Å². The SMILES string of the molecule is CC(=O)NC(CSC(=O)c1cc(-c2ccc(F)cc2F)ccc1OC(=O)C(CSC(=O)C(CS)NC(C)=O)NC(C)=O)C(=O)O. The van der Waals surface area contributed by atoms with Gasteiger partial charge in [-0.1, -0.05) is 29.6 Å². The summed E-state index contributed by atoms with van der Waals surface area (Å²) < 4.78 is 33.5. The standard InChI is InChI=1S/C28H29F2N3O9S3/c1-13(34)31-21(10-43)28(41)45-12-23(33-15(3)36)26(39)42-24-7-4-16(18-6-5-17(29)9-20(18)30)8-19(24)27(40)44-11-22(25(37)38)32-14(2)35/h4-9,21-23,43H,10-12H2,1-3H3,(H,31,34)(H,32,35)(H,33,36)(H,37,38). The third kappa shape index (κ3) is 11.8. The number of thioether (sulfide) groups is 2. The van der Waals surface area contributed by atoms with Crippen LogP contribution in [0, 0.1) is 11.6 Å². The van der Waals surface area contributed by atoms with Crippen molar-refractivity contribution in [3.05, 3.63) is 53.6 Å². The van der Waals surface area contributed by atoms with E-state index in [1.54, 1.807) is 0 Å². The number of amides is 3. The Morgan fingerprint density at radius 2 is 1.40 bits per heavy atom. The summed E-state index contributed by atoms with van der Waals surface area (Å²) in [7, 11) is 0. The Morgan fingerprint density at radius 1 is 0.822 bits per heavy atom. The maximum atomic E-state index is 14.6. The number of esters is 1. The summed E-state index contributed by atoms with van der Waals surface area (Å²) in [6, 6.07) is 2.52. The zero-order valence-electron chi connectivity index (χ0n) is 24.1. The zero-order valence-corrected chi connectivity index (χ0v) is 26.6. The molecule has 2 aromatic carbocycles. The van der Waals surface area contributed by atoms with Crippen molar-refractivity contribution >= 4 is 76.0 Å². The van der Waals surface area contributed by atoms with Gasteiger partial charge in [-0.05, 0) is 29.8 Å². The van der Waals surface area contributed by atoms with Crippen molar-refractivity contribution in [2.75, 3.05) is 17.3 Å². The Balaban J connectivity index is 2.41. The number of hydrogen-bond donors (Lipinski definition) is 5. The van der Waals surface area contributed by atoms with Crippen molar-refractivity contribution in [2.24, 2.45) is 0 Å². The van der Waals surface area contributed by atoms with E-state index in [0.29, 0.717) is 29.6 Å². The van der Waals surface area contributed by atoms with Gasteiger partial charge in [0.05, 0.1) is 5.56 Å². The molecule has 0 saturated carbocycles. The number of halogens is 2. The van der Waals surface area contributed by atoms with E-state index in [2.05, 4.69) is 28.6 Å². The molecule has 3 amide bonds. The van der Waals surface area contributed by atoms with Crippen LogP contribution in [0.1, 0.15) is 31.1 Å². The molecule has 3 atom stereocenters. The number of carboxylic acids is 1. The number of nitrogens with one attached hydrogen (secondary N) is 3. The van der Waals surface area contributed by atoms with Gasteiger partial charge in [0.15, 0.2) is 0 Å². The fourth-order valence-electron chi connectivity index (χ4n) is 3.61. The molecule has 0 spiro atoms. The topological polar surface area (TPSA) is 185 Å². The number of carboxylic acid groups (broad SMARTS) is 1. The van der Waals surface area contributed by atoms with Crippen LogP contribution in [0.15, 0.2) is 36.4 Å². The average molecular weight is 686 g/mol. The number of aliphatic carboxylic acids is 1. The van der Waals surface area contributed by atoms with Gasteiger partial charge in [-0.25, -0.2) is 18.4 Å². The minimum Gasteiger partial charge on any atom is -0.480 e. The Labute approximate surface area is 270 Å². The molecule has 0 fully saturated rings. The normalized spacial score (nSPS) is 12.7. The van der Waals surface area contributed by atoms with E-state index in [9.17, 15) is 47.4 Å². The number of hydrogen-bond acceptors (Lipinski definition) is 11. The van der Waals surface area contributed by atoms with Crippen molar-refractivity contribution in [3.63, 3.8) is 0 Å². The van der Waals surface area contributed by atoms with Crippen molar-refractivity contribution in [1.82, 2.24) is 16.0 Å². The second-order valence-corrected chi connectivity index (χ2v) is 11.6. The van der Waals surface area contributed by atoms with Crippen LogP contribution in [0.4, 0.5) is 8.78 Å². The molecule has 0 aliphatic rings. The molecule has 0 heterocycles. The van der Waals surface area contributed by atoms with Crippen LogP contribution in [0.5, 0.6) is 5.75 Å². The average Bonchev–Trinajstić information content (AvgIpc) is 2.95. The summed E-state index contributed by atoms with van der Waals surface area (Å²) in [6.07, 6.45) is 0. The molecule has 0 aromatic heterocycles. The van der Waals surface area contributed by atoms with E-state index < -0.39 is 75.4 Å². The summed E-state index contributed by atoms with van der Waals surface area (Å²) in [5.74, 6) is -7.22. The molecular weight excluding hydrogens is 657 g/mol. The molecule has 4 N–H and O–H groups in total. The van der Waals surface area contributed by atoms with E-state index in [-0.39, 0.29) is 33.9 Å². The first-order chi connectivity index (χ1) is 21.1. The van der Waals surface area contributed by atoms with E-state index in [1.807, 2.05) is 0 Å². The molecule has 2 rings (SSSR count). The number of carbonyl (C=O) groups excluding carboxylic acids is 6. The van der Waals surface area contributed by atoms with Gasteiger partial charge in [0, 0.05) is 49.7 Å². The quantitative estimate of drug-likeness (QED) is 0.112. The monoisotopic (exact) mass is 685 g/mol. The highest BCUT2D eigenvalue weighted by Gasteiger charge is 2.28. The van der Waals surface area contributed by atoms with Gasteiger partial charge in [-0.3, -0.25) is 24.0 Å². The van der Waals surface area contributed by atoms with Crippen LogP contribution in [0.2, 0.25) is 0 Å². The lowest BCUT2D eigenvalue weighted by Gasteiger charge is -2.19. The summed E-state index contributed by atoms with van der Waals surface area (Å²) in [5, 5.41) is 14.9. The van der Waals surface area contributed by atoms with Crippen molar-refractivity contribution in [3.8, 4) is 16.9 Å². The molecular formula is C28H29F2N3O9S3. The zero-order chi connectivity index (χ0) is 33.8. The molecule has 0 bridgehead atoms. The predicted octanol–water partition coefficient (Wildman–Crippen LogP) is 2.20. The first kappa shape index (κ1) is 37.2. The Hall–Kier alpha value is -3.96. The van der Waals surface area contributed by atoms with Gasteiger partial charge in [0.2, 0.25) is 28.0 Å². The third-order valence-corrected chi connectivity index (χ3v) is 8.02. The number of benzene rings is 2. The second-order valence-electron chi connectivity index (χ2n) is 9.26. The molecule has 12 nitrogen and oxygen atoms in total. The van der Waals surface area contributed by atoms with Crippen LogP contribution >= 0.6 is 36.2 Å². The largest absolute Gasteiger partial charge is 0.480 e. The summed E-state index contributed by atoms with van der Waals surface area (Å²) in [5.41, 5.74) is -0.324. The summed E-state index contributed by atoms with van der Waals surface area (Å²) in [4.78, 5) is 85.1. The first-order valence-corrected chi connectivity index (χ1v) is 15.5. The van der Waals surface area contributed by atoms with Gasteiger partial charge in [0.25, 0.3) is 0 Å². The predicted molar refractivity (Wildman–Crippen MR) is 166 cm³/mol. The molecule has 2 aromatic rings. The summed E-state index contributed by atoms with van der Waals surface area (Å²) >= 11 is 5.11. The molecule has 45 heavy (non-hydrogen) atoms. The van der Waals surface area contributed by atoms with Crippen molar-refractivity contribution < 1.29 is 52.2 Å². The number of ether oxygens (including phenoxy) is 1. The Bertz CT molecular complexity index is 1490. The van der Waals surface area contributed by atoms with Gasteiger partial charge in [-0.2, -0.15) is 12.6 Å². The van der Waals surface area contributed by atoms with E-state index in [4.69, 9.17) is 4.74 Å². The van der Waals surface area contributed by atoms with Gasteiger partial charge in [-0.15, -0.1) is 0 Å². The minimum absolute atomic E-state index is 0.0323. The fraction of sp³-hybridized carbons (Fsp3) is 0.321. The van der Waals surface area contributed by atoms with Crippen LogP contribution in [0.3, 0.4) is 0 Å². The van der Waals surface area contributed by atoms with Crippen LogP contribution < -0.4 is 20.7 Å². The third-order valence-electron chi connectivity index (χ3n) is 5.61. The first-order valence-electron chi connectivity index (χ1n) is 12.9. The lowest BCUT2D eigenvalue weighted by molar-refractivity contribution is -0.140. The lowest BCUT2D eigenvalue weighted by atomic mass is 10.0. The molecule has 0 aliphatic carbocycles. The van der Waals surface area contributed by atoms with E-state index >= 15 is 0 Å². The van der Waals surface area contributed by atoms with E-state index in [0.717, 1.165) is 38.1 Å². The number of thiol groups is 1. The lowest BCUT2D eigenvalue weighted by Crippen LogP contribution is -2.45. The Kier molecular flexibility index (Phi) is 14.5. The second kappa shape index (κ2) is 17.5. The highest BCUT2D eigenvalue weighted by Crippen LogP contribution is 2.32. The van der Waals surface area contributed by atoms with Gasteiger partial charge in [0.1, 0.15) is 35.5 Å². The molecule has 0 radical (unpaired) electrons. The van der Waals surface area contributed by atoms with E-state index in [1.165, 1.54) is 13.0 Å². The van der Waals surface area contributed by atoms with Crippen LogP contribution in [-0.4, -0.2) is 80.4 Å². The van der Waals surface area contributed by atoms with Gasteiger partial charge < -0.3 is 25.8 Å². The molecule has 17 heteroatoms. The van der Waals surface area contributed by atoms with Crippen molar-refractivity contribution in [1.29, 1.82) is 0 Å². The number of carbonyl (C=O) groups is 7. The molecule has 3 unspecified atom stereocenters. The van der Waals surface area contributed by atoms with Gasteiger partial charge >= 0.3 is 11.9 Å². The highest BCUT2D eigenvalue weighted by molar-refractivity contribution is 8.14. The maximum Gasteiger partial charge on any atom is 0.334 e. The van der Waals surface area contributed by atoms with Crippen LogP contribution in [-0.2, 0) is 28.8 Å². The summed E-state index contributed by atoms with van der Waals surface area (Å²) in [6.45, 7) is 3.42. The molecule has 0 saturated heterocycles. The highest BCUT2D eigenvalue weighted by atomic mass is 32.2. The fourth-order valence-corrected chi connectivity index (χ4v) is 5.74.